The lowest BCUT2D eigenvalue weighted by molar-refractivity contribution is -0.119. The van der Waals surface area contributed by atoms with Crippen molar-refractivity contribution in [2.45, 2.75) is 13.2 Å². The molecule has 0 spiro atoms. The minimum absolute atomic E-state index is 0.118. The number of hydrogen-bond acceptors (Lipinski definition) is 4. The van der Waals surface area contributed by atoms with Crippen molar-refractivity contribution in [1.29, 1.82) is 0 Å². The summed E-state index contributed by atoms with van der Waals surface area (Å²) in [5, 5.41) is 2.59. The quantitative estimate of drug-likeness (QED) is 0.508. The molecule has 33 heavy (non-hydrogen) atoms. The summed E-state index contributed by atoms with van der Waals surface area (Å²) >= 11 is 0. The summed E-state index contributed by atoms with van der Waals surface area (Å²) in [4.78, 5) is 12.3. The zero-order valence-electron chi connectivity index (χ0n) is 17.6. The molecule has 3 aromatic carbocycles. The number of carbonyl (C=O) groups is 1. The molecular formula is C23H21F3N2O4S. The second kappa shape index (κ2) is 10.4. The van der Waals surface area contributed by atoms with Crippen LogP contribution in [-0.4, -0.2) is 27.1 Å². The Labute approximate surface area is 189 Å². The smallest absolute Gasteiger partial charge is 0.241 e. The van der Waals surface area contributed by atoms with Gasteiger partial charge in [-0.15, -0.1) is 0 Å². The fourth-order valence-electron chi connectivity index (χ4n) is 2.88. The van der Waals surface area contributed by atoms with Crippen LogP contribution < -0.4 is 14.4 Å². The maximum atomic E-state index is 13.5. The molecule has 0 bridgehead atoms. The summed E-state index contributed by atoms with van der Waals surface area (Å²) in [6.45, 7) is -0.211. The van der Waals surface area contributed by atoms with Gasteiger partial charge in [-0.05, 0) is 47.5 Å². The molecule has 0 heterocycles. The Hall–Kier alpha value is -3.53. The van der Waals surface area contributed by atoms with Crippen molar-refractivity contribution in [1.82, 2.24) is 5.32 Å². The Kier molecular flexibility index (Phi) is 7.59. The van der Waals surface area contributed by atoms with Crippen LogP contribution in [0.25, 0.3) is 0 Å². The van der Waals surface area contributed by atoms with E-state index in [1.807, 2.05) is 0 Å². The molecule has 0 saturated carbocycles. The third-order valence-electron chi connectivity index (χ3n) is 4.61. The van der Waals surface area contributed by atoms with E-state index in [0.29, 0.717) is 16.1 Å². The minimum Gasteiger partial charge on any atom is -0.489 e. The van der Waals surface area contributed by atoms with E-state index < -0.39 is 34.1 Å². The predicted octanol–water partition coefficient (Wildman–Crippen LogP) is 3.77. The Morgan fingerprint density at radius 2 is 1.55 bits per heavy atom. The lowest BCUT2D eigenvalue weighted by atomic mass is 10.2. The Balaban J connectivity index is 1.55. The van der Waals surface area contributed by atoms with E-state index in [2.05, 4.69) is 5.32 Å². The maximum absolute atomic E-state index is 13.5. The number of rotatable bonds is 9. The molecule has 6 nitrogen and oxygen atoms in total. The summed E-state index contributed by atoms with van der Waals surface area (Å²) < 4.78 is 70.0. The number of benzene rings is 3. The van der Waals surface area contributed by atoms with Crippen molar-refractivity contribution < 1.29 is 31.1 Å². The molecule has 3 aromatic rings. The lowest BCUT2D eigenvalue weighted by Crippen LogP contribution is -2.40. The molecular weight excluding hydrogens is 457 g/mol. The number of amides is 1. The Morgan fingerprint density at radius 1 is 0.909 bits per heavy atom. The van der Waals surface area contributed by atoms with Gasteiger partial charge in [0.2, 0.25) is 15.9 Å². The van der Waals surface area contributed by atoms with Gasteiger partial charge in [0.1, 0.15) is 24.7 Å². The Bertz CT molecular complexity index is 1220. The molecule has 1 N–H and O–H groups in total. The number of carbonyl (C=O) groups excluding carboxylic acids is 1. The molecule has 0 fully saturated rings. The largest absolute Gasteiger partial charge is 0.489 e. The second-order valence-corrected chi connectivity index (χ2v) is 9.11. The normalized spacial score (nSPS) is 11.2. The van der Waals surface area contributed by atoms with Gasteiger partial charge in [-0.25, -0.2) is 21.6 Å². The molecule has 0 saturated heterocycles. The summed E-state index contributed by atoms with van der Waals surface area (Å²) in [7, 11) is -3.92. The third-order valence-corrected chi connectivity index (χ3v) is 5.75. The van der Waals surface area contributed by atoms with Crippen LogP contribution in [0.1, 0.15) is 11.1 Å². The first-order valence-electron chi connectivity index (χ1n) is 9.77. The maximum Gasteiger partial charge on any atom is 0.241 e. The van der Waals surface area contributed by atoms with Crippen molar-refractivity contribution in [2.24, 2.45) is 0 Å². The Morgan fingerprint density at radius 3 is 2.15 bits per heavy atom. The average molecular weight is 478 g/mol. The molecule has 0 radical (unpaired) electrons. The number of ether oxygens (including phenoxy) is 1. The van der Waals surface area contributed by atoms with Crippen molar-refractivity contribution >= 4 is 21.6 Å². The molecule has 174 valence electrons. The first-order chi connectivity index (χ1) is 15.6. The van der Waals surface area contributed by atoms with Crippen LogP contribution in [0.4, 0.5) is 18.9 Å². The number of sulfonamides is 1. The fourth-order valence-corrected chi connectivity index (χ4v) is 3.73. The van der Waals surface area contributed by atoms with E-state index in [1.54, 1.807) is 36.4 Å². The van der Waals surface area contributed by atoms with E-state index in [-0.39, 0.29) is 24.7 Å². The second-order valence-electron chi connectivity index (χ2n) is 7.20. The average Bonchev–Trinajstić information content (AvgIpc) is 2.77. The highest BCUT2D eigenvalue weighted by atomic mass is 32.2. The first-order valence-corrected chi connectivity index (χ1v) is 11.6. The van der Waals surface area contributed by atoms with E-state index in [9.17, 15) is 26.4 Å². The van der Waals surface area contributed by atoms with Gasteiger partial charge in [0, 0.05) is 12.6 Å². The van der Waals surface area contributed by atoms with Crippen LogP contribution in [0, 0.1) is 17.5 Å². The predicted molar refractivity (Wildman–Crippen MR) is 118 cm³/mol. The number of hydrogen-bond donors (Lipinski definition) is 1. The number of anilines is 1. The van der Waals surface area contributed by atoms with Crippen molar-refractivity contribution in [2.75, 3.05) is 17.1 Å². The van der Waals surface area contributed by atoms with E-state index in [0.717, 1.165) is 29.5 Å². The van der Waals surface area contributed by atoms with E-state index >= 15 is 0 Å². The van der Waals surface area contributed by atoms with Gasteiger partial charge >= 0.3 is 0 Å². The van der Waals surface area contributed by atoms with Gasteiger partial charge in [-0.1, -0.05) is 24.3 Å². The van der Waals surface area contributed by atoms with Crippen LogP contribution >= 0.6 is 0 Å². The van der Waals surface area contributed by atoms with Gasteiger partial charge in [-0.3, -0.25) is 9.10 Å². The minimum atomic E-state index is -3.92. The lowest BCUT2D eigenvalue weighted by Gasteiger charge is -2.22. The van der Waals surface area contributed by atoms with Crippen LogP contribution in [-0.2, 0) is 28.0 Å². The molecule has 0 atom stereocenters. The highest BCUT2D eigenvalue weighted by Crippen LogP contribution is 2.20. The molecule has 0 aliphatic carbocycles. The van der Waals surface area contributed by atoms with Crippen molar-refractivity contribution in [3.8, 4) is 5.75 Å². The topological polar surface area (TPSA) is 75.7 Å². The summed E-state index contributed by atoms with van der Waals surface area (Å²) in [6, 6.07) is 15.4. The summed E-state index contributed by atoms with van der Waals surface area (Å²) in [6.07, 6.45) is 0.867. The number of halogens is 3. The summed E-state index contributed by atoms with van der Waals surface area (Å²) in [5.41, 5.74) is 1.38. The molecule has 0 unspecified atom stereocenters. The zero-order valence-corrected chi connectivity index (χ0v) is 18.4. The van der Waals surface area contributed by atoms with E-state index in [1.165, 1.54) is 12.1 Å². The zero-order chi connectivity index (χ0) is 24.0. The third kappa shape index (κ3) is 6.98. The van der Waals surface area contributed by atoms with Gasteiger partial charge in [-0.2, -0.15) is 0 Å². The SMILES string of the molecule is CS(=O)(=O)N(CC(=O)NCc1ccc(OCc2ccc(F)cc2)cc1)c1ccc(F)c(F)c1. The molecule has 0 aliphatic heterocycles. The van der Waals surface area contributed by atoms with Gasteiger partial charge in [0.25, 0.3) is 0 Å². The van der Waals surface area contributed by atoms with Crippen molar-refractivity contribution in [3.63, 3.8) is 0 Å². The monoisotopic (exact) mass is 478 g/mol. The molecule has 10 heteroatoms. The van der Waals surface area contributed by atoms with Crippen molar-refractivity contribution in [3.05, 3.63) is 95.3 Å². The van der Waals surface area contributed by atoms with Crippen LogP contribution in [0.15, 0.2) is 66.7 Å². The molecule has 1 amide bonds. The van der Waals surface area contributed by atoms with Gasteiger partial charge < -0.3 is 10.1 Å². The molecule has 0 aromatic heterocycles. The number of nitrogens with zero attached hydrogens (tertiary/aromatic N) is 1. The fraction of sp³-hybridized carbons (Fsp3) is 0.174. The van der Waals surface area contributed by atoms with Crippen LogP contribution in [0.2, 0.25) is 0 Å². The highest BCUT2D eigenvalue weighted by Gasteiger charge is 2.22. The molecule has 0 aliphatic rings. The standard InChI is InChI=1S/C23H21F3N2O4S/c1-33(30,31)28(19-8-11-21(25)22(26)12-19)14-23(29)27-13-16-4-9-20(10-5-16)32-15-17-2-6-18(24)7-3-17/h2-12H,13-15H2,1H3,(H,27,29). The van der Waals surface area contributed by atoms with Crippen LogP contribution in [0.5, 0.6) is 5.75 Å². The van der Waals surface area contributed by atoms with Crippen LogP contribution in [0.3, 0.4) is 0 Å². The highest BCUT2D eigenvalue weighted by molar-refractivity contribution is 7.92. The van der Waals surface area contributed by atoms with Gasteiger partial charge in [0.15, 0.2) is 11.6 Å². The molecule has 3 rings (SSSR count). The number of nitrogens with one attached hydrogen (secondary N) is 1. The van der Waals surface area contributed by atoms with Gasteiger partial charge in [0.05, 0.1) is 11.9 Å². The van der Waals surface area contributed by atoms with E-state index in [4.69, 9.17) is 4.74 Å². The first kappa shape index (κ1) is 24.1. The summed E-state index contributed by atoms with van der Waals surface area (Å²) in [5.74, 6) is -2.71.